The molecule has 2 heterocycles. The molecular formula is C11H21ClN4O2S. The van der Waals surface area contributed by atoms with Crippen LogP contribution in [0.4, 0.5) is 0 Å². The summed E-state index contributed by atoms with van der Waals surface area (Å²) in [6, 6.07) is 0.0851. The van der Waals surface area contributed by atoms with Crippen LogP contribution in [-0.4, -0.2) is 41.4 Å². The third-order valence-electron chi connectivity index (χ3n) is 3.63. The number of hydrogen-bond donors (Lipinski definition) is 1. The van der Waals surface area contributed by atoms with Gasteiger partial charge in [-0.2, -0.15) is 4.31 Å². The minimum Gasteiger partial charge on any atom is -0.337 e. The zero-order valence-corrected chi connectivity index (χ0v) is 13.0. The van der Waals surface area contributed by atoms with Crippen LogP contribution in [0.1, 0.15) is 19.2 Å². The van der Waals surface area contributed by atoms with Crippen LogP contribution >= 0.6 is 12.4 Å². The minimum absolute atomic E-state index is 0. The average molecular weight is 309 g/mol. The molecule has 2 atom stereocenters. The molecule has 6 nitrogen and oxygen atoms in total. The van der Waals surface area contributed by atoms with Crippen LogP contribution in [0.15, 0.2) is 11.2 Å². The van der Waals surface area contributed by atoms with Crippen molar-refractivity contribution in [3.63, 3.8) is 0 Å². The Morgan fingerprint density at radius 2 is 2.11 bits per heavy atom. The molecule has 0 radical (unpaired) electrons. The van der Waals surface area contributed by atoms with E-state index in [0.717, 1.165) is 0 Å². The summed E-state index contributed by atoms with van der Waals surface area (Å²) in [5.74, 6) is 0.869. The molecule has 0 saturated carbocycles. The van der Waals surface area contributed by atoms with Crippen molar-refractivity contribution in [2.24, 2.45) is 18.7 Å². The third-order valence-corrected chi connectivity index (χ3v) is 5.36. The Bertz CT molecular complexity index is 523. The lowest BCUT2D eigenvalue weighted by Gasteiger charge is -2.33. The molecule has 110 valence electrons. The standard InChI is InChI=1S/C11H20N4O2S.ClH/c1-8-6-15(5-4-10(8)12)18(16,17)11-7-14(3)9(2)13-11;/h7-8,10H,4-6,12H2,1-3H3;1H. The normalized spacial score (nSPS) is 25.1. The third kappa shape index (κ3) is 3.10. The van der Waals surface area contributed by atoms with E-state index in [0.29, 0.717) is 25.3 Å². The van der Waals surface area contributed by atoms with Gasteiger partial charge in [0.2, 0.25) is 0 Å². The summed E-state index contributed by atoms with van der Waals surface area (Å²) in [4.78, 5) is 4.10. The molecule has 0 amide bonds. The average Bonchev–Trinajstić information content (AvgIpc) is 2.64. The van der Waals surface area contributed by atoms with Crippen molar-refractivity contribution in [1.82, 2.24) is 13.9 Å². The lowest BCUT2D eigenvalue weighted by atomic mass is 9.96. The zero-order chi connectivity index (χ0) is 13.5. The molecule has 19 heavy (non-hydrogen) atoms. The van der Waals surface area contributed by atoms with E-state index in [9.17, 15) is 8.42 Å². The first-order chi connectivity index (χ1) is 8.32. The highest BCUT2D eigenvalue weighted by Gasteiger charge is 2.33. The highest BCUT2D eigenvalue weighted by Crippen LogP contribution is 2.22. The Balaban J connectivity index is 0.00000180. The first-order valence-corrected chi connectivity index (χ1v) is 7.52. The molecule has 2 N–H and O–H groups in total. The van der Waals surface area contributed by atoms with Crippen LogP contribution < -0.4 is 5.73 Å². The second-order valence-corrected chi connectivity index (χ2v) is 6.91. The Labute approximate surface area is 120 Å². The monoisotopic (exact) mass is 308 g/mol. The minimum atomic E-state index is -3.47. The van der Waals surface area contributed by atoms with Gasteiger partial charge in [-0.25, -0.2) is 13.4 Å². The van der Waals surface area contributed by atoms with Crippen molar-refractivity contribution in [2.75, 3.05) is 13.1 Å². The van der Waals surface area contributed by atoms with Crippen LogP contribution in [0.2, 0.25) is 0 Å². The summed E-state index contributed by atoms with van der Waals surface area (Å²) in [5, 5.41) is 0.130. The quantitative estimate of drug-likeness (QED) is 0.863. The van der Waals surface area contributed by atoms with Gasteiger partial charge in [-0.15, -0.1) is 12.4 Å². The summed E-state index contributed by atoms with van der Waals surface area (Å²) >= 11 is 0. The second kappa shape index (κ2) is 5.78. The highest BCUT2D eigenvalue weighted by molar-refractivity contribution is 7.89. The van der Waals surface area contributed by atoms with Crippen molar-refractivity contribution in [1.29, 1.82) is 0 Å². The number of aryl methyl sites for hydroxylation is 2. The summed E-state index contributed by atoms with van der Waals surface area (Å²) < 4.78 is 28.0. The lowest BCUT2D eigenvalue weighted by molar-refractivity contribution is 0.249. The SMILES string of the molecule is Cc1nc(S(=O)(=O)N2CCC(N)C(C)C2)cn1C.Cl. The van der Waals surface area contributed by atoms with Gasteiger partial charge < -0.3 is 10.3 Å². The van der Waals surface area contributed by atoms with E-state index in [2.05, 4.69) is 4.98 Å². The summed E-state index contributed by atoms with van der Waals surface area (Å²) in [6.07, 6.45) is 2.26. The highest BCUT2D eigenvalue weighted by atomic mass is 35.5. The van der Waals surface area contributed by atoms with E-state index in [-0.39, 0.29) is 29.4 Å². The fraction of sp³-hybridized carbons (Fsp3) is 0.727. The number of nitrogens with zero attached hydrogens (tertiary/aromatic N) is 3. The molecule has 0 aliphatic carbocycles. The molecule has 1 aromatic rings. The van der Waals surface area contributed by atoms with Crippen molar-refractivity contribution >= 4 is 22.4 Å². The summed E-state index contributed by atoms with van der Waals surface area (Å²) in [6.45, 7) is 4.71. The predicted molar refractivity (Wildman–Crippen MR) is 75.7 cm³/mol. The van der Waals surface area contributed by atoms with Crippen molar-refractivity contribution < 1.29 is 8.42 Å². The maximum absolute atomic E-state index is 12.4. The van der Waals surface area contributed by atoms with Gasteiger partial charge in [0.25, 0.3) is 10.0 Å². The zero-order valence-electron chi connectivity index (χ0n) is 11.4. The molecule has 0 spiro atoms. The number of piperidine rings is 1. The lowest BCUT2D eigenvalue weighted by Crippen LogP contribution is -2.48. The van der Waals surface area contributed by atoms with E-state index in [4.69, 9.17) is 5.73 Å². The van der Waals surface area contributed by atoms with Crippen LogP contribution in [-0.2, 0) is 17.1 Å². The topological polar surface area (TPSA) is 81.2 Å². The van der Waals surface area contributed by atoms with Gasteiger partial charge in [-0.1, -0.05) is 6.92 Å². The molecule has 1 aliphatic rings. The summed E-state index contributed by atoms with van der Waals surface area (Å²) in [5.41, 5.74) is 5.91. The number of hydrogen-bond acceptors (Lipinski definition) is 4. The van der Waals surface area contributed by atoms with Crippen molar-refractivity contribution in [3.05, 3.63) is 12.0 Å². The van der Waals surface area contributed by atoms with Crippen molar-refractivity contribution in [3.8, 4) is 0 Å². The largest absolute Gasteiger partial charge is 0.337 e. The molecule has 8 heteroatoms. The second-order valence-electron chi connectivity index (χ2n) is 5.03. The molecule has 1 saturated heterocycles. The number of aromatic nitrogens is 2. The van der Waals surface area contributed by atoms with E-state index in [1.807, 2.05) is 6.92 Å². The molecule has 2 rings (SSSR count). The molecule has 1 fully saturated rings. The maximum Gasteiger partial charge on any atom is 0.262 e. The first kappa shape index (κ1) is 16.4. The van der Waals surface area contributed by atoms with Gasteiger partial charge in [0, 0.05) is 32.4 Å². The fourth-order valence-electron chi connectivity index (χ4n) is 2.13. The van der Waals surface area contributed by atoms with Crippen molar-refractivity contribution in [2.45, 2.75) is 31.3 Å². The molecule has 0 aromatic carbocycles. The van der Waals surface area contributed by atoms with Gasteiger partial charge in [0.1, 0.15) is 5.82 Å². The Morgan fingerprint density at radius 1 is 1.47 bits per heavy atom. The fourth-order valence-corrected chi connectivity index (χ4v) is 3.71. The molecule has 1 aliphatic heterocycles. The van der Waals surface area contributed by atoms with Crippen LogP contribution in [0.5, 0.6) is 0 Å². The smallest absolute Gasteiger partial charge is 0.262 e. The molecule has 2 unspecified atom stereocenters. The van der Waals surface area contributed by atoms with Crippen LogP contribution in [0.25, 0.3) is 0 Å². The Morgan fingerprint density at radius 3 is 2.58 bits per heavy atom. The number of halogens is 1. The summed E-state index contributed by atoms with van der Waals surface area (Å²) in [7, 11) is -1.69. The number of imidazole rings is 1. The van der Waals surface area contributed by atoms with Gasteiger partial charge in [-0.3, -0.25) is 0 Å². The van der Waals surface area contributed by atoms with Crippen LogP contribution in [0, 0.1) is 12.8 Å². The van der Waals surface area contributed by atoms with Gasteiger partial charge in [-0.05, 0) is 19.3 Å². The Kier molecular flexibility index (Phi) is 5.00. The number of sulfonamides is 1. The van der Waals surface area contributed by atoms with Gasteiger partial charge in [0.05, 0.1) is 0 Å². The first-order valence-electron chi connectivity index (χ1n) is 6.08. The Hall–Kier alpha value is -0.630. The number of nitrogens with two attached hydrogens (primary N) is 1. The van der Waals surface area contributed by atoms with Crippen LogP contribution in [0.3, 0.4) is 0 Å². The van der Waals surface area contributed by atoms with E-state index < -0.39 is 10.0 Å². The van der Waals surface area contributed by atoms with Gasteiger partial charge in [0.15, 0.2) is 5.03 Å². The van der Waals surface area contributed by atoms with Gasteiger partial charge >= 0.3 is 0 Å². The van der Waals surface area contributed by atoms with E-state index in [1.54, 1.807) is 24.7 Å². The van der Waals surface area contributed by atoms with E-state index in [1.165, 1.54) is 4.31 Å². The molecule has 1 aromatic heterocycles. The van der Waals surface area contributed by atoms with E-state index >= 15 is 0 Å². The number of rotatable bonds is 2. The molecule has 0 bridgehead atoms. The predicted octanol–water partition coefficient (Wildman–Crippen LogP) is 0.508. The molecular weight excluding hydrogens is 288 g/mol. The maximum atomic E-state index is 12.4.